The van der Waals surface area contributed by atoms with Gasteiger partial charge in [0.1, 0.15) is 5.41 Å². The Bertz CT molecular complexity index is 270. The third-order valence-corrected chi connectivity index (χ3v) is 2.73. The van der Waals surface area contributed by atoms with Crippen molar-refractivity contribution in [3.8, 4) is 0 Å². The highest BCUT2D eigenvalue weighted by Crippen LogP contribution is 2.45. The number of likely N-dealkylation sites (tertiary alicyclic amines) is 1. The smallest absolute Gasteiger partial charge is 0.378 e. The Labute approximate surface area is 92.5 Å². The summed E-state index contributed by atoms with van der Waals surface area (Å²) in [5.41, 5.74) is -1.87. The van der Waals surface area contributed by atoms with E-state index in [1.165, 1.54) is 11.8 Å². The zero-order valence-corrected chi connectivity index (χ0v) is 9.60. The van der Waals surface area contributed by atoms with Crippen LogP contribution in [0.5, 0.6) is 0 Å². The number of hydrogen-bond donors (Lipinski definition) is 0. The number of carbonyl (C=O) groups excluding carboxylic acids is 1. The highest BCUT2D eigenvalue weighted by atomic mass is 19.4. The molecule has 0 spiro atoms. The van der Waals surface area contributed by atoms with E-state index in [2.05, 4.69) is 0 Å². The minimum Gasteiger partial charge on any atom is -0.378 e. The first kappa shape index (κ1) is 13.3. The van der Waals surface area contributed by atoms with E-state index in [9.17, 15) is 18.0 Å². The summed E-state index contributed by atoms with van der Waals surface area (Å²) < 4.78 is 43.5. The monoisotopic (exact) mass is 239 g/mol. The standard InChI is InChI=1S/C10H16F3NO2/c1-7(2)16-6-9(10(11,12)13)4-14(5-9)8(3)15/h7H,4-6H2,1-3H3. The summed E-state index contributed by atoms with van der Waals surface area (Å²) in [6, 6.07) is 0. The van der Waals surface area contributed by atoms with E-state index < -0.39 is 11.6 Å². The molecule has 0 unspecified atom stereocenters. The van der Waals surface area contributed by atoms with Gasteiger partial charge in [0.2, 0.25) is 5.91 Å². The lowest BCUT2D eigenvalue weighted by molar-refractivity contribution is -0.280. The molecule has 0 saturated carbocycles. The van der Waals surface area contributed by atoms with Crippen LogP contribution in [0.4, 0.5) is 13.2 Å². The van der Waals surface area contributed by atoms with Gasteiger partial charge in [0, 0.05) is 20.0 Å². The van der Waals surface area contributed by atoms with E-state index in [-0.39, 0.29) is 31.7 Å². The molecule has 0 aromatic heterocycles. The van der Waals surface area contributed by atoms with Crippen LogP contribution in [0.15, 0.2) is 0 Å². The number of alkyl halides is 3. The second kappa shape index (κ2) is 4.24. The van der Waals surface area contributed by atoms with Crippen LogP contribution in [0.2, 0.25) is 0 Å². The molecule has 16 heavy (non-hydrogen) atoms. The van der Waals surface area contributed by atoms with Crippen LogP contribution in [0.1, 0.15) is 20.8 Å². The van der Waals surface area contributed by atoms with Crippen molar-refractivity contribution in [3.63, 3.8) is 0 Å². The van der Waals surface area contributed by atoms with Crippen LogP contribution >= 0.6 is 0 Å². The Morgan fingerprint density at radius 3 is 2.25 bits per heavy atom. The van der Waals surface area contributed by atoms with Crippen molar-refractivity contribution in [1.82, 2.24) is 4.90 Å². The largest absolute Gasteiger partial charge is 0.400 e. The molecule has 0 radical (unpaired) electrons. The van der Waals surface area contributed by atoms with E-state index in [4.69, 9.17) is 4.74 Å². The molecule has 1 heterocycles. The van der Waals surface area contributed by atoms with Crippen molar-refractivity contribution < 1.29 is 22.7 Å². The molecular weight excluding hydrogens is 223 g/mol. The van der Waals surface area contributed by atoms with Crippen molar-refractivity contribution in [2.75, 3.05) is 19.7 Å². The number of ether oxygens (including phenoxy) is 1. The molecule has 3 nitrogen and oxygen atoms in total. The van der Waals surface area contributed by atoms with Gasteiger partial charge in [-0.05, 0) is 13.8 Å². The first-order chi connectivity index (χ1) is 7.18. The first-order valence-corrected chi connectivity index (χ1v) is 5.12. The Morgan fingerprint density at radius 2 is 1.94 bits per heavy atom. The number of nitrogens with zero attached hydrogens (tertiary/aromatic N) is 1. The summed E-state index contributed by atoms with van der Waals surface area (Å²) >= 11 is 0. The van der Waals surface area contributed by atoms with Gasteiger partial charge in [0.15, 0.2) is 0 Å². The second-order valence-electron chi connectivity index (χ2n) is 4.51. The lowest BCUT2D eigenvalue weighted by Gasteiger charge is -2.50. The predicted octanol–water partition coefficient (Wildman–Crippen LogP) is 1.82. The second-order valence-corrected chi connectivity index (χ2v) is 4.51. The predicted molar refractivity (Wildman–Crippen MR) is 51.8 cm³/mol. The van der Waals surface area contributed by atoms with Crippen LogP contribution < -0.4 is 0 Å². The zero-order chi connectivity index (χ0) is 12.6. The topological polar surface area (TPSA) is 29.5 Å². The summed E-state index contributed by atoms with van der Waals surface area (Å²) in [5, 5.41) is 0. The molecule has 0 N–H and O–H groups in total. The fourth-order valence-electron chi connectivity index (χ4n) is 1.59. The van der Waals surface area contributed by atoms with Gasteiger partial charge in [0.05, 0.1) is 12.7 Å². The Morgan fingerprint density at radius 1 is 1.44 bits per heavy atom. The lowest BCUT2D eigenvalue weighted by Crippen LogP contribution is -2.66. The summed E-state index contributed by atoms with van der Waals surface area (Å²) in [7, 11) is 0. The summed E-state index contributed by atoms with van der Waals surface area (Å²) in [6.45, 7) is 3.68. The molecule has 0 bridgehead atoms. The molecule has 0 aromatic carbocycles. The van der Waals surface area contributed by atoms with Crippen molar-refractivity contribution in [2.24, 2.45) is 5.41 Å². The van der Waals surface area contributed by atoms with Crippen LogP contribution in [0.25, 0.3) is 0 Å². The highest BCUT2D eigenvalue weighted by Gasteiger charge is 2.62. The maximum absolute atomic E-state index is 12.8. The molecule has 1 aliphatic heterocycles. The van der Waals surface area contributed by atoms with Gasteiger partial charge < -0.3 is 9.64 Å². The quantitative estimate of drug-likeness (QED) is 0.751. The van der Waals surface area contributed by atoms with E-state index in [1.54, 1.807) is 13.8 Å². The highest BCUT2D eigenvalue weighted by molar-refractivity contribution is 5.74. The minimum atomic E-state index is -4.33. The van der Waals surface area contributed by atoms with Gasteiger partial charge in [-0.2, -0.15) is 13.2 Å². The molecule has 0 aliphatic carbocycles. The molecular formula is C10H16F3NO2. The van der Waals surface area contributed by atoms with E-state index in [1.807, 2.05) is 0 Å². The Hall–Kier alpha value is -0.780. The number of carbonyl (C=O) groups is 1. The SMILES string of the molecule is CC(=O)N1CC(COC(C)C)(C(F)(F)F)C1. The van der Waals surface area contributed by atoms with E-state index in [0.29, 0.717) is 0 Å². The Balaban J connectivity index is 2.64. The summed E-state index contributed by atoms with van der Waals surface area (Å²) in [6.07, 6.45) is -4.57. The number of amides is 1. The molecule has 0 aromatic rings. The van der Waals surface area contributed by atoms with Crippen LogP contribution in [0, 0.1) is 5.41 Å². The number of rotatable bonds is 3. The molecule has 0 atom stereocenters. The van der Waals surface area contributed by atoms with Crippen molar-refractivity contribution >= 4 is 5.91 Å². The minimum absolute atomic E-state index is 0.245. The van der Waals surface area contributed by atoms with Gasteiger partial charge in [0.25, 0.3) is 0 Å². The van der Waals surface area contributed by atoms with Crippen LogP contribution in [-0.4, -0.2) is 42.8 Å². The van der Waals surface area contributed by atoms with Crippen molar-refractivity contribution in [3.05, 3.63) is 0 Å². The molecule has 6 heteroatoms. The van der Waals surface area contributed by atoms with E-state index in [0.717, 1.165) is 0 Å². The molecule has 1 rings (SSSR count). The zero-order valence-electron chi connectivity index (χ0n) is 9.60. The summed E-state index contributed by atoms with van der Waals surface area (Å²) in [4.78, 5) is 12.1. The number of hydrogen-bond acceptors (Lipinski definition) is 2. The van der Waals surface area contributed by atoms with Crippen molar-refractivity contribution in [1.29, 1.82) is 0 Å². The van der Waals surface area contributed by atoms with Gasteiger partial charge in [-0.15, -0.1) is 0 Å². The molecule has 1 aliphatic rings. The maximum atomic E-state index is 12.8. The van der Waals surface area contributed by atoms with Gasteiger partial charge in [-0.25, -0.2) is 0 Å². The summed E-state index contributed by atoms with van der Waals surface area (Å²) in [5.74, 6) is -0.329. The molecule has 1 amide bonds. The normalized spacial score (nSPS) is 19.8. The van der Waals surface area contributed by atoms with Gasteiger partial charge in [-0.1, -0.05) is 0 Å². The van der Waals surface area contributed by atoms with E-state index >= 15 is 0 Å². The third kappa shape index (κ3) is 2.48. The fourth-order valence-corrected chi connectivity index (χ4v) is 1.59. The average molecular weight is 239 g/mol. The Kier molecular flexibility index (Phi) is 3.52. The molecule has 1 fully saturated rings. The van der Waals surface area contributed by atoms with Gasteiger partial charge in [-0.3, -0.25) is 4.79 Å². The van der Waals surface area contributed by atoms with Gasteiger partial charge >= 0.3 is 6.18 Å². The van der Waals surface area contributed by atoms with Crippen LogP contribution in [0.3, 0.4) is 0 Å². The lowest BCUT2D eigenvalue weighted by atomic mass is 9.79. The third-order valence-electron chi connectivity index (χ3n) is 2.73. The van der Waals surface area contributed by atoms with Crippen LogP contribution in [-0.2, 0) is 9.53 Å². The maximum Gasteiger partial charge on any atom is 0.400 e. The fraction of sp³-hybridized carbons (Fsp3) is 0.900. The average Bonchev–Trinajstić information content (AvgIpc) is 1.97. The molecule has 1 saturated heterocycles. The number of halogens is 3. The van der Waals surface area contributed by atoms with Crippen molar-refractivity contribution in [2.45, 2.75) is 33.1 Å². The first-order valence-electron chi connectivity index (χ1n) is 5.12. The molecule has 94 valence electrons.